The number of likely N-dealkylation sites (tertiary alicyclic amines) is 1. The molecule has 2 aliphatic heterocycles. The van der Waals surface area contributed by atoms with Gasteiger partial charge in [-0.05, 0) is 43.4 Å². The van der Waals surface area contributed by atoms with E-state index in [9.17, 15) is 22.8 Å². The maximum atomic E-state index is 12.8. The molecule has 2 amide bonds. The highest BCUT2D eigenvalue weighted by Crippen LogP contribution is 2.40. The van der Waals surface area contributed by atoms with Crippen LogP contribution < -0.4 is 10.6 Å². The molecule has 2 N–H and O–H groups in total. The summed E-state index contributed by atoms with van der Waals surface area (Å²) in [7, 11) is 0. The topological polar surface area (TPSA) is 61.4 Å². The minimum absolute atomic E-state index is 0.0578. The Hall–Kier alpha value is -1.74. The second kappa shape index (κ2) is 8.42. The highest BCUT2D eigenvalue weighted by molar-refractivity contribution is 8.01. The zero-order valence-corrected chi connectivity index (χ0v) is 17.5. The van der Waals surface area contributed by atoms with E-state index in [1.165, 1.54) is 6.07 Å². The molecule has 9 heteroatoms. The number of nitrogens with zero attached hydrogens (tertiary/aromatic N) is 1. The highest BCUT2D eigenvalue weighted by atomic mass is 32.2. The van der Waals surface area contributed by atoms with Gasteiger partial charge in [0.1, 0.15) is 0 Å². The number of hydrogen-bond donors (Lipinski definition) is 2. The van der Waals surface area contributed by atoms with Gasteiger partial charge in [-0.1, -0.05) is 18.6 Å². The molecule has 4 rings (SSSR count). The third-order valence-corrected chi connectivity index (χ3v) is 7.92. The zero-order valence-electron chi connectivity index (χ0n) is 16.6. The first kappa shape index (κ1) is 21.5. The number of benzene rings is 1. The summed E-state index contributed by atoms with van der Waals surface area (Å²) in [6, 6.07) is 4.62. The van der Waals surface area contributed by atoms with Crippen LogP contribution in [-0.2, 0) is 22.3 Å². The molecule has 2 saturated heterocycles. The molecule has 30 heavy (non-hydrogen) atoms. The van der Waals surface area contributed by atoms with Crippen LogP contribution in [-0.4, -0.2) is 46.5 Å². The molecule has 3 fully saturated rings. The lowest BCUT2D eigenvalue weighted by atomic mass is 9.84. The fraction of sp³-hybridized carbons (Fsp3) is 0.619. The van der Waals surface area contributed by atoms with E-state index in [0.717, 1.165) is 44.2 Å². The maximum Gasteiger partial charge on any atom is 0.416 e. The monoisotopic (exact) mass is 441 g/mol. The molecule has 5 nitrogen and oxygen atoms in total. The smallest absolute Gasteiger partial charge is 0.351 e. The molecular weight excluding hydrogens is 415 g/mol. The summed E-state index contributed by atoms with van der Waals surface area (Å²) < 4.78 is 38.5. The first-order chi connectivity index (χ1) is 14.3. The van der Waals surface area contributed by atoms with E-state index in [1.54, 1.807) is 17.8 Å². The minimum Gasteiger partial charge on any atom is -0.351 e. The fourth-order valence-electron chi connectivity index (χ4n) is 4.25. The lowest BCUT2D eigenvalue weighted by Crippen LogP contribution is -2.55. The second-order valence-corrected chi connectivity index (χ2v) is 9.77. The maximum absolute atomic E-state index is 12.8. The molecule has 1 aromatic carbocycles. The van der Waals surface area contributed by atoms with Crippen LogP contribution >= 0.6 is 11.8 Å². The molecular formula is C21H26F3N3O2S. The Morgan fingerprint density at radius 3 is 2.60 bits per heavy atom. The third-order valence-electron chi connectivity index (χ3n) is 6.34. The number of hydrogen-bond acceptors (Lipinski definition) is 4. The lowest BCUT2D eigenvalue weighted by Gasteiger charge is -2.41. The summed E-state index contributed by atoms with van der Waals surface area (Å²) in [5, 5.41) is 6.18. The number of piperidine rings is 1. The van der Waals surface area contributed by atoms with Crippen LogP contribution in [0.4, 0.5) is 13.2 Å². The van der Waals surface area contributed by atoms with Crippen molar-refractivity contribution in [1.82, 2.24) is 15.5 Å². The van der Waals surface area contributed by atoms with Crippen molar-refractivity contribution in [3.05, 3.63) is 35.4 Å². The molecule has 1 aliphatic carbocycles. The highest BCUT2D eigenvalue weighted by Gasteiger charge is 2.45. The van der Waals surface area contributed by atoms with Crippen molar-refractivity contribution in [2.45, 2.75) is 55.7 Å². The molecule has 164 valence electrons. The Morgan fingerprint density at radius 2 is 1.97 bits per heavy atom. The summed E-state index contributed by atoms with van der Waals surface area (Å²) >= 11 is 1.71. The van der Waals surface area contributed by atoms with Gasteiger partial charge in [0.05, 0.1) is 16.5 Å². The van der Waals surface area contributed by atoms with Gasteiger partial charge in [-0.15, -0.1) is 11.8 Å². The molecule has 1 aromatic rings. The van der Waals surface area contributed by atoms with Crippen LogP contribution in [0.3, 0.4) is 0 Å². The van der Waals surface area contributed by atoms with E-state index in [1.807, 2.05) is 4.90 Å². The largest absolute Gasteiger partial charge is 0.416 e. The molecule has 1 atom stereocenters. The average Bonchev–Trinajstić information content (AvgIpc) is 3.08. The number of thioether (sulfide) groups is 1. The van der Waals surface area contributed by atoms with Gasteiger partial charge in [-0.2, -0.15) is 13.2 Å². The molecule has 0 aromatic heterocycles. The van der Waals surface area contributed by atoms with Crippen molar-refractivity contribution in [2.75, 3.05) is 18.8 Å². The molecule has 0 radical (unpaired) electrons. The molecule has 1 unspecified atom stereocenters. The second-order valence-electron chi connectivity index (χ2n) is 8.37. The van der Waals surface area contributed by atoms with Gasteiger partial charge in [0.15, 0.2) is 0 Å². The van der Waals surface area contributed by atoms with Crippen molar-refractivity contribution < 1.29 is 22.8 Å². The fourth-order valence-corrected chi connectivity index (χ4v) is 5.66. The van der Waals surface area contributed by atoms with Crippen molar-refractivity contribution in [3.8, 4) is 0 Å². The van der Waals surface area contributed by atoms with E-state index < -0.39 is 11.7 Å². The van der Waals surface area contributed by atoms with Crippen LogP contribution in [0.2, 0.25) is 0 Å². The van der Waals surface area contributed by atoms with E-state index in [0.29, 0.717) is 24.4 Å². The molecule has 2 heterocycles. The van der Waals surface area contributed by atoms with Crippen LogP contribution in [0.5, 0.6) is 0 Å². The zero-order chi connectivity index (χ0) is 21.4. The van der Waals surface area contributed by atoms with Crippen LogP contribution in [0.15, 0.2) is 24.3 Å². The van der Waals surface area contributed by atoms with Crippen molar-refractivity contribution >= 4 is 23.6 Å². The Bertz CT molecular complexity index is 805. The summed E-state index contributed by atoms with van der Waals surface area (Å²) in [5.41, 5.74) is -0.299. The number of amides is 2. The van der Waals surface area contributed by atoms with Crippen molar-refractivity contribution in [3.63, 3.8) is 0 Å². The van der Waals surface area contributed by atoms with Crippen molar-refractivity contribution in [1.29, 1.82) is 0 Å². The summed E-state index contributed by atoms with van der Waals surface area (Å²) in [6.45, 7) is 1.46. The minimum atomic E-state index is -4.40. The summed E-state index contributed by atoms with van der Waals surface area (Å²) in [4.78, 5) is 26.7. The quantitative estimate of drug-likeness (QED) is 0.754. The van der Waals surface area contributed by atoms with Gasteiger partial charge >= 0.3 is 6.18 Å². The molecule has 3 aliphatic rings. The van der Waals surface area contributed by atoms with E-state index in [4.69, 9.17) is 0 Å². The van der Waals surface area contributed by atoms with Crippen LogP contribution in [0.1, 0.15) is 43.2 Å². The average molecular weight is 442 g/mol. The van der Waals surface area contributed by atoms with Gasteiger partial charge in [0, 0.05) is 31.3 Å². The number of carbonyl (C=O) groups is 2. The van der Waals surface area contributed by atoms with Gasteiger partial charge in [-0.3, -0.25) is 14.9 Å². The van der Waals surface area contributed by atoms with Gasteiger partial charge in [0.25, 0.3) is 0 Å². The Balaban J connectivity index is 1.26. The standard InChI is InChI=1S/C21H26F3N3O2S/c22-21(23,24)16-6-1-3-14(11-16)12-25-18(28)17-13-30-20(26-17)7-9-27(10-8-20)19(29)15-4-2-5-15/h1,3,6,11,15,17,26H,2,4-5,7-10,12-13H2,(H,25,28). The van der Waals surface area contributed by atoms with Gasteiger partial charge in [-0.25, -0.2) is 0 Å². The third kappa shape index (κ3) is 4.61. The number of rotatable bonds is 4. The van der Waals surface area contributed by atoms with Crippen LogP contribution in [0.25, 0.3) is 0 Å². The first-order valence-corrected chi connectivity index (χ1v) is 11.4. The number of halogens is 3. The molecule has 1 saturated carbocycles. The predicted molar refractivity (Wildman–Crippen MR) is 109 cm³/mol. The number of carbonyl (C=O) groups excluding carboxylic acids is 2. The Kier molecular flexibility index (Phi) is 6.03. The van der Waals surface area contributed by atoms with Crippen LogP contribution in [0, 0.1) is 5.92 Å². The predicted octanol–water partition coefficient (Wildman–Crippen LogP) is 3.15. The summed E-state index contributed by atoms with van der Waals surface area (Å²) in [5.74, 6) is 0.891. The van der Waals surface area contributed by atoms with Crippen molar-refractivity contribution in [2.24, 2.45) is 5.92 Å². The first-order valence-electron chi connectivity index (χ1n) is 10.4. The summed E-state index contributed by atoms with van der Waals surface area (Å²) in [6.07, 6.45) is 0.345. The van der Waals surface area contributed by atoms with Gasteiger partial charge in [0.2, 0.25) is 11.8 Å². The normalized spacial score (nSPS) is 24.0. The van der Waals surface area contributed by atoms with Gasteiger partial charge < -0.3 is 10.2 Å². The number of nitrogens with one attached hydrogen (secondary N) is 2. The SMILES string of the molecule is O=C(NCc1cccc(C(F)(F)F)c1)C1CSC2(CCN(C(=O)C3CCC3)CC2)N1. The molecule has 1 spiro atoms. The van der Waals surface area contributed by atoms with E-state index in [2.05, 4.69) is 10.6 Å². The lowest BCUT2D eigenvalue weighted by molar-refractivity contribution is -0.139. The Labute approximate surface area is 178 Å². The van der Waals surface area contributed by atoms with E-state index >= 15 is 0 Å². The number of alkyl halides is 3. The van der Waals surface area contributed by atoms with E-state index in [-0.39, 0.29) is 35.2 Å². The molecule has 0 bridgehead atoms. The Morgan fingerprint density at radius 1 is 1.23 bits per heavy atom.